The van der Waals surface area contributed by atoms with E-state index in [1.165, 1.54) is 38.4 Å². The molecule has 2 atom stereocenters. The highest BCUT2D eigenvalue weighted by Gasteiger charge is 2.16. The SMILES string of the molecule is CCn1cc(C2C=CC=CC2)c2cc(CN[C@H](C)c3cccc4ccccc34)ccc21. The number of rotatable bonds is 6. The van der Waals surface area contributed by atoms with Crippen LogP contribution >= 0.6 is 0 Å². The molecule has 1 heterocycles. The van der Waals surface area contributed by atoms with Crippen LogP contribution in [0.15, 0.2) is 91.2 Å². The average Bonchev–Trinajstić information content (AvgIpc) is 3.21. The van der Waals surface area contributed by atoms with Gasteiger partial charge in [0.2, 0.25) is 0 Å². The van der Waals surface area contributed by atoms with E-state index in [9.17, 15) is 0 Å². The van der Waals surface area contributed by atoms with Crippen molar-refractivity contribution in [1.29, 1.82) is 0 Å². The highest BCUT2D eigenvalue weighted by Crippen LogP contribution is 2.33. The largest absolute Gasteiger partial charge is 0.347 e. The van der Waals surface area contributed by atoms with E-state index in [1.54, 1.807) is 0 Å². The lowest BCUT2D eigenvalue weighted by Gasteiger charge is -2.17. The Labute approximate surface area is 184 Å². The zero-order chi connectivity index (χ0) is 21.2. The van der Waals surface area contributed by atoms with Crippen LogP contribution < -0.4 is 5.32 Å². The van der Waals surface area contributed by atoms with Gasteiger partial charge >= 0.3 is 0 Å². The zero-order valence-corrected chi connectivity index (χ0v) is 18.4. The summed E-state index contributed by atoms with van der Waals surface area (Å²) in [5.41, 5.74) is 5.48. The fourth-order valence-electron chi connectivity index (χ4n) is 4.86. The van der Waals surface area contributed by atoms with Gasteiger partial charge in [0.05, 0.1) is 0 Å². The molecule has 1 aliphatic rings. The molecule has 2 nitrogen and oxygen atoms in total. The third-order valence-corrected chi connectivity index (χ3v) is 6.60. The number of hydrogen-bond donors (Lipinski definition) is 1. The maximum absolute atomic E-state index is 3.76. The van der Waals surface area contributed by atoms with Gasteiger partial charge in [0.25, 0.3) is 0 Å². The van der Waals surface area contributed by atoms with Gasteiger partial charge < -0.3 is 9.88 Å². The summed E-state index contributed by atoms with van der Waals surface area (Å²) in [5.74, 6) is 0.470. The van der Waals surface area contributed by atoms with E-state index < -0.39 is 0 Å². The van der Waals surface area contributed by atoms with Crippen molar-refractivity contribution in [3.8, 4) is 0 Å². The second-order valence-corrected chi connectivity index (χ2v) is 8.55. The van der Waals surface area contributed by atoms with E-state index in [0.717, 1.165) is 19.5 Å². The normalized spacial score (nSPS) is 16.9. The summed E-state index contributed by atoms with van der Waals surface area (Å²) < 4.78 is 2.38. The molecule has 0 saturated carbocycles. The molecule has 0 saturated heterocycles. The van der Waals surface area contributed by atoms with Crippen molar-refractivity contribution < 1.29 is 0 Å². The molecule has 1 aromatic heterocycles. The van der Waals surface area contributed by atoms with Gasteiger partial charge in [0.15, 0.2) is 0 Å². The number of fused-ring (bicyclic) bond motifs is 2. The molecule has 1 unspecified atom stereocenters. The van der Waals surface area contributed by atoms with E-state index in [4.69, 9.17) is 0 Å². The second-order valence-electron chi connectivity index (χ2n) is 8.55. The Morgan fingerprint density at radius 3 is 2.71 bits per heavy atom. The van der Waals surface area contributed by atoms with Gasteiger partial charge in [0, 0.05) is 42.1 Å². The third-order valence-electron chi connectivity index (χ3n) is 6.60. The number of nitrogens with one attached hydrogen (secondary N) is 1. The first-order chi connectivity index (χ1) is 15.2. The van der Waals surface area contributed by atoms with Crippen molar-refractivity contribution in [3.63, 3.8) is 0 Å². The molecule has 3 aromatic carbocycles. The lowest BCUT2D eigenvalue weighted by atomic mass is 9.92. The molecule has 1 N–H and O–H groups in total. The Kier molecular flexibility index (Phi) is 5.48. The number of allylic oxidation sites excluding steroid dienone is 4. The molecule has 0 amide bonds. The maximum Gasteiger partial charge on any atom is 0.0483 e. The monoisotopic (exact) mass is 406 g/mol. The summed E-state index contributed by atoms with van der Waals surface area (Å²) in [6.07, 6.45) is 12.4. The summed E-state index contributed by atoms with van der Waals surface area (Å²) in [5, 5.41) is 7.79. The Morgan fingerprint density at radius 1 is 1.00 bits per heavy atom. The van der Waals surface area contributed by atoms with Crippen molar-refractivity contribution >= 4 is 21.7 Å². The predicted molar refractivity (Wildman–Crippen MR) is 132 cm³/mol. The standard InChI is InChI=1S/C29H30N2/c1-3-31-20-28(24-10-5-4-6-11-24)27-18-22(16-17-29(27)31)19-30-21(2)25-15-9-13-23-12-7-8-14-26(23)25/h4-10,12-18,20-21,24,30H,3,11,19H2,1-2H3/t21-,24?/m1/s1. The van der Waals surface area contributed by atoms with Crippen molar-refractivity contribution in [2.75, 3.05) is 0 Å². The van der Waals surface area contributed by atoms with Crippen LogP contribution in [0.1, 0.15) is 48.9 Å². The van der Waals surface area contributed by atoms with Gasteiger partial charge in [0.1, 0.15) is 0 Å². The van der Waals surface area contributed by atoms with Crippen LogP contribution in [0.4, 0.5) is 0 Å². The number of benzene rings is 3. The first kappa shape index (κ1) is 19.8. The molecular formula is C29H30N2. The molecule has 0 bridgehead atoms. The highest BCUT2D eigenvalue weighted by atomic mass is 14.9. The molecule has 0 spiro atoms. The van der Waals surface area contributed by atoms with Crippen LogP contribution in [0.2, 0.25) is 0 Å². The van der Waals surface area contributed by atoms with E-state index in [0.29, 0.717) is 5.92 Å². The van der Waals surface area contributed by atoms with Gasteiger partial charge in [-0.15, -0.1) is 0 Å². The van der Waals surface area contributed by atoms with Crippen molar-refractivity contribution in [2.24, 2.45) is 0 Å². The predicted octanol–water partition coefficient (Wildman–Crippen LogP) is 7.26. The van der Waals surface area contributed by atoms with E-state index in [-0.39, 0.29) is 6.04 Å². The fraction of sp³-hybridized carbons (Fsp3) is 0.241. The topological polar surface area (TPSA) is 17.0 Å². The molecule has 1 aliphatic carbocycles. The molecule has 4 aromatic rings. The molecule has 31 heavy (non-hydrogen) atoms. The first-order valence-corrected chi connectivity index (χ1v) is 11.4. The van der Waals surface area contributed by atoms with E-state index >= 15 is 0 Å². The molecular weight excluding hydrogens is 376 g/mol. The van der Waals surface area contributed by atoms with Gasteiger partial charge in [-0.25, -0.2) is 0 Å². The molecule has 0 radical (unpaired) electrons. The van der Waals surface area contributed by atoms with Crippen LogP contribution in [0.25, 0.3) is 21.7 Å². The van der Waals surface area contributed by atoms with Crippen molar-refractivity contribution in [1.82, 2.24) is 9.88 Å². The summed E-state index contributed by atoms with van der Waals surface area (Å²) in [7, 11) is 0. The van der Waals surface area contributed by atoms with Crippen LogP contribution in [0, 0.1) is 0 Å². The zero-order valence-electron chi connectivity index (χ0n) is 18.4. The van der Waals surface area contributed by atoms with Crippen LogP contribution in [0.3, 0.4) is 0 Å². The summed E-state index contributed by atoms with van der Waals surface area (Å²) in [6, 6.07) is 22.5. The van der Waals surface area contributed by atoms with Crippen molar-refractivity contribution in [3.05, 3.63) is 108 Å². The molecule has 0 fully saturated rings. The maximum atomic E-state index is 3.76. The lowest BCUT2D eigenvalue weighted by molar-refractivity contribution is 0.578. The first-order valence-electron chi connectivity index (χ1n) is 11.4. The van der Waals surface area contributed by atoms with Crippen LogP contribution in [-0.2, 0) is 13.1 Å². The number of hydrogen-bond acceptors (Lipinski definition) is 1. The summed E-state index contributed by atoms with van der Waals surface area (Å²) in [6.45, 7) is 6.34. The minimum atomic E-state index is 0.285. The Morgan fingerprint density at radius 2 is 1.87 bits per heavy atom. The lowest BCUT2D eigenvalue weighted by Crippen LogP contribution is -2.18. The van der Waals surface area contributed by atoms with Crippen LogP contribution in [-0.4, -0.2) is 4.57 Å². The van der Waals surface area contributed by atoms with Crippen LogP contribution in [0.5, 0.6) is 0 Å². The number of aromatic nitrogens is 1. The minimum Gasteiger partial charge on any atom is -0.347 e. The van der Waals surface area contributed by atoms with Gasteiger partial charge in [-0.2, -0.15) is 0 Å². The van der Waals surface area contributed by atoms with E-state index in [2.05, 4.69) is 115 Å². The Hall–Kier alpha value is -3.10. The molecule has 5 rings (SSSR count). The smallest absolute Gasteiger partial charge is 0.0483 e. The molecule has 0 aliphatic heterocycles. The summed E-state index contributed by atoms with van der Waals surface area (Å²) >= 11 is 0. The van der Waals surface area contributed by atoms with Crippen molar-refractivity contribution in [2.45, 2.75) is 45.3 Å². The summed E-state index contributed by atoms with van der Waals surface area (Å²) in [4.78, 5) is 0. The number of nitrogens with zero attached hydrogens (tertiary/aromatic N) is 1. The fourth-order valence-corrected chi connectivity index (χ4v) is 4.86. The quantitative estimate of drug-likeness (QED) is 0.356. The Bertz CT molecular complexity index is 1270. The minimum absolute atomic E-state index is 0.285. The number of aryl methyl sites for hydroxylation is 1. The van der Waals surface area contributed by atoms with Gasteiger partial charge in [-0.05, 0) is 59.9 Å². The van der Waals surface area contributed by atoms with Gasteiger partial charge in [-0.1, -0.05) is 72.8 Å². The molecule has 2 heteroatoms. The highest BCUT2D eigenvalue weighted by molar-refractivity contribution is 5.86. The van der Waals surface area contributed by atoms with Gasteiger partial charge in [-0.3, -0.25) is 0 Å². The third kappa shape index (κ3) is 3.84. The molecule has 156 valence electrons. The second kappa shape index (κ2) is 8.56. The average molecular weight is 407 g/mol. The Balaban J connectivity index is 1.41. The van der Waals surface area contributed by atoms with E-state index in [1.807, 2.05) is 0 Å².